The number of fused-ring (bicyclic) bond motifs is 1. The number of aliphatic hydroxyl groups excluding tert-OH is 1. The van der Waals surface area contributed by atoms with Crippen molar-refractivity contribution in [3.8, 4) is 0 Å². The minimum Gasteiger partial charge on any atom is -0.396 e. The molecule has 2 rings (SSSR count). The number of nitrogen functional groups attached to an aromatic ring is 1. The Morgan fingerprint density at radius 1 is 1.50 bits per heavy atom. The fourth-order valence-corrected chi connectivity index (χ4v) is 1.09. The highest BCUT2D eigenvalue weighted by atomic mass is 16.3. The number of aliphatic hydroxyl groups is 1. The lowest BCUT2D eigenvalue weighted by Gasteiger charge is -1.96. The van der Waals surface area contributed by atoms with Crippen molar-refractivity contribution in [3.05, 3.63) is 24.2 Å². The molecule has 0 fully saturated rings. The van der Waals surface area contributed by atoms with Crippen LogP contribution in [-0.2, 0) is 6.61 Å². The molecule has 0 aliphatic heterocycles. The topological polar surface area (TPSA) is 76.4 Å². The van der Waals surface area contributed by atoms with Gasteiger partial charge in [0.05, 0.1) is 5.69 Å². The van der Waals surface area contributed by atoms with Gasteiger partial charge in [-0.05, 0) is 12.1 Å². The zero-order valence-electron chi connectivity index (χ0n) is 6.31. The SMILES string of the molecule is Nc1cccn2c(CO)nnc12. The van der Waals surface area contributed by atoms with Crippen molar-refractivity contribution >= 4 is 11.3 Å². The Morgan fingerprint density at radius 3 is 3.08 bits per heavy atom. The minimum atomic E-state index is -0.134. The maximum absolute atomic E-state index is 8.85. The molecule has 0 aliphatic carbocycles. The Bertz CT molecular complexity index is 409. The second-order valence-corrected chi connectivity index (χ2v) is 2.43. The van der Waals surface area contributed by atoms with E-state index in [1.807, 2.05) is 0 Å². The van der Waals surface area contributed by atoms with Gasteiger partial charge in [-0.25, -0.2) is 0 Å². The molecule has 0 aliphatic rings. The standard InChI is InChI=1S/C7H8N4O/c8-5-2-1-3-11-6(4-12)9-10-7(5)11/h1-3,12H,4,8H2. The molecule has 12 heavy (non-hydrogen) atoms. The molecular weight excluding hydrogens is 156 g/mol. The van der Waals surface area contributed by atoms with Gasteiger partial charge in [0.1, 0.15) is 6.61 Å². The zero-order chi connectivity index (χ0) is 8.55. The maximum atomic E-state index is 8.85. The number of anilines is 1. The third kappa shape index (κ3) is 0.835. The number of hydrogen-bond donors (Lipinski definition) is 2. The lowest BCUT2D eigenvalue weighted by molar-refractivity contribution is 0.270. The third-order valence-corrected chi connectivity index (χ3v) is 1.68. The van der Waals surface area contributed by atoms with Crippen LogP contribution in [0.4, 0.5) is 5.69 Å². The van der Waals surface area contributed by atoms with Crippen LogP contribution in [0, 0.1) is 0 Å². The second-order valence-electron chi connectivity index (χ2n) is 2.43. The summed E-state index contributed by atoms with van der Waals surface area (Å²) in [5.41, 5.74) is 6.76. The summed E-state index contributed by atoms with van der Waals surface area (Å²) in [6.45, 7) is -0.134. The average Bonchev–Trinajstić information content (AvgIpc) is 2.49. The molecule has 2 aromatic heterocycles. The molecule has 5 nitrogen and oxygen atoms in total. The summed E-state index contributed by atoms with van der Waals surface area (Å²) in [7, 11) is 0. The Morgan fingerprint density at radius 2 is 2.33 bits per heavy atom. The number of nitrogens with two attached hydrogens (primary N) is 1. The van der Waals surface area contributed by atoms with Crippen molar-refractivity contribution in [2.45, 2.75) is 6.61 Å². The Kier molecular flexibility index (Phi) is 1.44. The van der Waals surface area contributed by atoms with Gasteiger partial charge in [-0.15, -0.1) is 10.2 Å². The van der Waals surface area contributed by atoms with Crippen molar-refractivity contribution in [2.24, 2.45) is 0 Å². The molecule has 0 atom stereocenters. The van der Waals surface area contributed by atoms with E-state index in [1.54, 1.807) is 22.7 Å². The summed E-state index contributed by atoms with van der Waals surface area (Å²) in [6, 6.07) is 3.52. The molecule has 0 amide bonds. The molecule has 0 saturated heterocycles. The molecule has 5 heteroatoms. The van der Waals surface area contributed by atoms with Crippen molar-refractivity contribution in [1.82, 2.24) is 14.6 Å². The quantitative estimate of drug-likeness (QED) is 0.612. The summed E-state index contributed by atoms with van der Waals surface area (Å²) in [5.74, 6) is 0.498. The van der Waals surface area contributed by atoms with E-state index in [4.69, 9.17) is 10.8 Å². The lowest BCUT2D eigenvalue weighted by atomic mass is 10.4. The summed E-state index contributed by atoms with van der Waals surface area (Å²) in [6.07, 6.45) is 1.76. The number of hydrogen-bond acceptors (Lipinski definition) is 4. The van der Waals surface area contributed by atoms with Gasteiger partial charge >= 0.3 is 0 Å². The first-order chi connectivity index (χ1) is 5.83. The molecule has 62 valence electrons. The molecule has 0 saturated carbocycles. The number of nitrogens with zero attached hydrogens (tertiary/aromatic N) is 3. The van der Waals surface area contributed by atoms with Crippen LogP contribution in [-0.4, -0.2) is 19.7 Å². The normalized spacial score (nSPS) is 10.8. The van der Waals surface area contributed by atoms with Crippen LogP contribution in [0.1, 0.15) is 5.82 Å². The van der Waals surface area contributed by atoms with E-state index in [-0.39, 0.29) is 6.61 Å². The molecule has 3 N–H and O–H groups in total. The smallest absolute Gasteiger partial charge is 0.184 e. The third-order valence-electron chi connectivity index (χ3n) is 1.68. The minimum absolute atomic E-state index is 0.134. The summed E-state index contributed by atoms with van der Waals surface area (Å²) < 4.78 is 1.66. The fourth-order valence-electron chi connectivity index (χ4n) is 1.09. The molecule has 2 heterocycles. The predicted octanol–water partition coefficient (Wildman–Crippen LogP) is -0.196. The lowest BCUT2D eigenvalue weighted by Crippen LogP contribution is -1.95. The molecule has 0 spiro atoms. The second kappa shape index (κ2) is 2.46. The van der Waals surface area contributed by atoms with Gasteiger partial charge in [0, 0.05) is 6.20 Å². The Hall–Kier alpha value is -1.62. The van der Waals surface area contributed by atoms with Crippen LogP contribution in [0.3, 0.4) is 0 Å². The van der Waals surface area contributed by atoms with Crippen LogP contribution in [0.2, 0.25) is 0 Å². The molecule has 0 aromatic carbocycles. The van der Waals surface area contributed by atoms with Gasteiger partial charge in [0.15, 0.2) is 11.5 Å². The van der Waals surface area contributed by atoms with E-state index in [1.165, 1.54) is 0 Å². The van der Waals surface area contributed by atoms with E-state index in [2.05, 4.69) is 10.2 Å². The van der Waals surface area contributed by atoms with E-state index in [0.29, 0.717) is 17.2 Å². The zero-order valence-corrected chi connectivity index (χ0v) is 6.31. The monoisotopic (exact) mass is 164 g/mol. The van der Waals surface area contributed by atoms with Gasteiger partial charge in [-0.1, -0.05) is 0 Å². The fraction of sp³-hybridized carbons (Fsp3) is 0.143. The van der Waals surface area contributed by atoms with Crippen molar-refractivity contribution in [3.63, 3.8) is 0 Å². The van der Waals surface area contributed by atoms with Crippen molar-refractivity contribution in [1.29, 1.82) is 0 Å². The number of pyridine rings is 1. The highest BCUT2D eigenvalue weighted by molar-refractivity contribution is 5.63. The van der Waals surface area contributed by atoms with Crippen molar-refractivity contribution in [2.75, 3.05) is 5.73 Å². The van der Waals surface area contributed by atoms with E-state index in [0.717, 1.165) is 0 Å². The van der Waals surface area contributed by atoms with Crippen LogP contribution in [0.15, 0.2) is 18.3 Å². The van der Waals surface area contributed by atoms with Crippen LogP contribution in [0.25, 0.3) is 5.65 Å². The van der Waals surface area contributed by atoms with Crippen molar-refractivity contribution < 1.29 is 5.11 Å². The van der Waals surface area contributed by atoms with Crippen LogP contribution in [0.5, 0.6) is 0 Å². The summed E-state index contributed by atoms with van der Waals surface area (Å²) >= 11 is 0. The molecule has 0 bridgehead atoms. The largest absolute Gasteiger partial charge is 0.396 e. The van der Waals surface area contributed by atoms with Crippen LogP contribution >= 0.6 is 0 Å². The van der Waals surface area contributed by atoms with Gasteiger partial charge in [0.2, 0.25) is 0 Å². The van der Waals surface area contributed by atoms with Gasteiger partial charge in [0.25, 0.3) is 0 Å². The first-order valence-electron chi connectivity index (χ1n) is 3.52. The van der Waals surface area contributed by atoms with Gasteiger partial charge in [-0.3, -0.25) is 4.40 Å². The number of aromatic nitrogens is 3. The molecule has 0 radical (unpaired) electrons. The first-order valence-corrected chi connectivity index (χ1v) is 3.52. The van der Waals surface area contributed by atoms with Gasteiger partial charge in [-0.2, -0.15) is 0 Å². The average molecular weight is 164 g/mol. The molecule has 0 unspecified atom stereocenters. The van der Waals surface area contributed by atoms with E-state index in [9.17, 15) is 0 Å². The highest BCUT2D eigenvalue weighted by Gasteiger charge is 2.04. The summed E-state index contributed by atoms with van der Waals surface area (Å²) in [5, 5.41) is 16.4. The Balaban J connectivity index is 2.80. The summed E-state index contributed by atoms with van der Waals surface area (Å²) in [4.78, 5) is 0. The Labute approximate surface area is 68.5 Å². The van der Waals surface area contributed by atoms with Crippen LogP contribution < -0.4 is 5.73 Å². The number of rotatable bonds is 1. The molecular formula is C7H8N4O. The maximum Gasteiger partial charge on any atom is 0.184 e. The van der Waals surface area contributed by atoms with Gasteiger partial charge < -0.3 is 10.8 Å². The van der Waals surface area contributed by atoms with E-state index >= 15 is 0 Å². The predicted molar refractivity (Wildman–Crippen MR) is 43.3 cm³/mol. The molecule has 2 aromatic rings. The first kappa shape index (κ1) is 7.05. The van der Waals surface area contributed by atoms with E-state index < -0.39 is 0 Å². The highest BCUT2D eigenvalue weighted by Crippen LogP contribution is 2.10.